The molecule has 0 saturated carbocycles. The molecule has 2 heterocycles. The van der Waals surface area contributed by atoms with Gasteiger partial charge in [-0.05, 0) is 25.9 Å². The first kappa shape index (κ1) is 22.1. The minimum atomic E-state index is 0.718. The van der Waals surface area contributed by atoms with Crippen molar-refractivity contribution in [1.82, 2.24) is 19.6 Å². The molecule has 2 rings (SSSR count). The van der Waals surface area contributed by atoms with Crippen LogP contribution in [0.4, 0.5) is 0 Å². The van der Waals surface area contributed by atoms with Crippen LogP contribution in [-0.4, -0.2) is 112 Å². The Morgan fingerprint density at radius 3 is 1.31 bits per heavy atom. The van der Waals surface area contributed by atoms with Gasteiger partial charge >= 0.3 is 0 Å². The monoisotopic (exact) mass is 370 g/mol. The summed E-state index contributed by atoms with van der Waals surface area (Å²) in [5.74, 6) is 0. The molecule has 0 aliphatic carbocycles. The molecule has 2 aliphatic heterocycles. The van der Waals surface area contributed by atoms with Gasteiger partial charge in [0, 0.05) is 39.3 Å². The van der Waals surface area contributed by atoms with Crippen molar-refractivity contribution in [1.29, 1.82) is 0 Å². The Labute approximate surface area is 161 Å². The quantitative estimate of drug-likeness (QED) is 0.409. The van der Waals surface area contributed by atoms with Crippen molar-refractivity contribution in [3.05, 3.63) is 0 Å². The third-order valence-corrected chi connectivity index (χ3v) is 5.40. The van der Waals surface area contributed by atoms with Crippen molar-refractivity contribution in [2.75, 3.05) is 92.1 Å². The van der Waals surface area contributed by atoms with Crippen molar-refractivity contribution < 1.29 is 9.47 Å². The number of rotatable bonds is 15. The Kier molecular flexibility index (Phi) is 11.8. The van der Waals surface area contributed by atoms with E-state index in [2.05, 4.69) is 33.4 Å². The molecule has 2 saturated heterocycles. The van der Waals surface area contributed by atoms with Crippen molar-refractivity contribution in [2.45, 2.75) is 39.5 Å². The van der Waals surface area contributed by atoms with Crippen molar-refractivity contribution in [3.63, 3.8) is 0 Å². The first-order valence-corrected chi connectivity index (χ1v) is 10.9. The van der Waals surface area contributed by atoms with Crippen molar-refractivity contribution >= 4 is 0 Å². The van der Waals surface area contributed by atoms with Gasteiger partial charge in [0.2, 0.25) is 0 Å². The van der Waals surface area contributed by atoms with Crippen LogP contribution < -0.4 is 0 Å². The first-order chi connectivity index (χ1) is 12.8. The highest BCUT2D eigenvalue weighted by Crippen LogP contribution is 2.07. The van der Waals surface area contributed by atoms with E-state index in [1.165, 1.54) is 65.0 Å². The Morgan fingerprint density at radius 1 is 0.538 bits per heavy atom. The molecule has 0 aromatic heterocycles. The molecule has 6 nitrogen and oxygen atoms in total. The zero-order chi connectivity index (χ0) is 18.5. The topological polar surface area (TPSA) is 31.4 Å². The molecule has 2 aliphatic rings. The molecule has 26 heavy (non-hydrogen) atoms. The highest BCUT2D eigenvalue weighted by Gasteiger charge is 2.19. The Morgan fingerprint density at radius 2 is 0.923 bits per heavy atom. The Bertz CT molecular complexity index is 314. The van der Waals surface area contributed by atoms with E-state index in [1.54, 1.807) is 0 Å². The van der Waals surface area contributed by atoms with E-state index in [4.69, 9.17) is 9.47 Å². The van der Waals surface area contributed by atoms with Crippen molar-refractivity contribution in [2.24, 2.45) is 0 Å². The summed E-state index contributed by atoms with van der Waals surface area (Å²) in [4.78, 5) is 10.1. The predicted molar refractivity (Wildman–Crippen MR) is 107 cm³/mol. The molecule has 2 fully saturated rings. The summed E-state index contributed by atoms with van der Waals surface area (Å²) in [6.45, 7) is 19.2. The smallest absolute Gasteiger partial charge is 0.0701 e. The number of ether oxygens (including phenoxy) is 2. The second kappa shape index (κ2) is 13.9. The molecular formula is C20H42N4O2. The molecule has 0 aromatic rings. The van der Waals surface area contributed by atoms with E-state index in [1.807, 2.05) is 0 Å². The molecule has 154 valence electrons. The van der Waals surface area contributed by atoms with E-state index in [0.29, 0.717) is 0 Å². The summed E-state index contributed by atoms with van der Waals surface area (Å²) in [6, 6.07) is 0. The minimum absolute atomic E-state index is 0.718. The van der Waals surface area contributed by atoms with Crippen LogP contribution in [0, 0.1) is 0 Å². The highest BCUT2D eigenvalue weighted by molar-refractivity contribution is 4.71. The maximum Gasteiger partial charge on any atom is 0.0701 e. The van der Waals surface area contributed by atoms with Gasteiger partial charge in [0.05, 0.1) is 39.8 Å². The lowest BCUT2D eigenvalue weighted by atomic mass is 10.3. The lowest BCUT2D eigenvalue weighted by Gasteiger charge is -2.18. The molecule has 0 N–H and O–H groups in total. The zero-order valence-corrected chi connectivity index (χ0v) is 17.3. The molecule has 0 unspecified atom stereocenters. The Balaban J connectivity index is 1.35. The van der Waals surface area contributed by atoms with E-state index < -0.39 is 0 Å². The molecule has 0 amide bonds. The highest BCUT2D eigenvalue weighted by atomic mass is 16.5. The van der Waals surface area contributed by atoms with Gasteiger partial charge in [-0.15, -0.1) is 0 Å². The molecule has 0 bridgehead atoms. The van der Waals surface area contributed by atoms with Gasteiger partial charge in [-0.25, -0.2) is 0 Å². The van der Waals surface area contributed by atoms with Crippen LogP contribution in [0.2, 0.25) is 0 Å². The van der Waals surface area contributed by atoms with Crippen LogP contribution >= 0.6 is 0 Å². The lowest BCUT2D eigenvalue weighted by molar-refractivity contribution is 0.0323. The van der Waals surface area contributed by atoms with Crippen LogP contribution in [-0.2, 0) is 9.47 Å². The molecule has 0 radical (unpaired) electrons. The fourth-order valence-corrected chi connectivity index (χ4v) is 3.62. The molecular weight excluding hydrogens is 328 g/mol. The SMILES string of the molecule is CCCCN1CCN(CCOCCOCCN2CCN(CCCC)C2)C1. The molecule has 0 atom stereocenters. The summed E-state index contributed by atoms with van der Waals surface area (Å²) in [6.07, 6.45) is 5.20. The van der Waals surface area contributed by atoms with Crippen LogP contribution in [0.25, 0.3) is 0 Å². The predicted octanol–water partition coefficient (Wildman–Crippen LogP) is 1.77. The Hall–Kier alpha value is -0.240. The van der Waals surface area contributed by atoms with Gasteiger partial charge in [-0.1, -0.05) is 26.7 Å². The summed E-state index contributed by atoms with van der Waals surface area (Å²) >= 11 is 0. The van der Waals surface area contributed by atoms with Crippen molar-refractivity contribution in [3.8, 4) is 0 Å². The minimum Gasteiger partial charge on any atom is -0.378 e. The third kappa shape index (κ3) is 9.11. The van der Waals surface area contributed by atoms with Gasteiger partial charge in [0.15, 0.2) is 0 Å². The number of hydrogen-bond acceptors (Lipinski definition) is 6. The van der Waals surface area contributed by atoms with E-state index >= 15 is 0 Å². The maximum atomic E-state index is 5.74. The number of hydrogen-bond donors (Lipinski definition) is 0. The zero-order valence-electron chi connectivity index (χ0n) is 17.3. The van der Waals surface area contributed by atoms with Crippen LogP contribution in [0.15, 0.2) is 0 Å². The van der Waals surface area contributed by atoms with E-state index in [9.17, 15) is 0 Å². The average Bonchev–Trinajstić information content (AvgIpc) is 3.29. The van der Waals surface area contributed by atoms with Crippen LogP contribution in [0.1, 0.15) is 39.5 Å². The van der Waals surface area contributed by atoms with Gasteiger partial charge in [0.1, 0.15) is 0 Å². The fourth-order valence-electron chi connectivity index (χ4n) is 3.62. The second-order valence-corrected chi connectivity index (χ2v) is 7.69. The van der Waals surface area contributed by atoms with Crippen LogP contribution in [0.3, 0.4) is 0 Å². The lowest BCUT2D eigenvalue weighted by Crippen LogP contribution is -2.29. The number of unbranched alkanes of at least 4 members (excludes halogenated alkanes) is 2. The first-order valence-electron chi connectivity index (χ1n) is 10.9. The summed E-state index contributed by atoms with van der Waals surface area (Å²) in [5, 5.41) is 0. The maximum absolute atomic E-state index is 5.74. The largest absolute Gasteiger partial charge is 0.378 e. The standard InChI is InChI=1S/C20H42N4O2/c1-3-5-7-21-9-11-23(19-21)13-15-25-17-18-26-16-14-24-12-10-22(20-24)8-6-4-2/h3-20H2,1-2H3. The molecule has 0 aromatic carbocycles. The summed E-state index contributed by atoms with van der Waals surface area (Å²) in [7, 11) is 0. The molecule has 0 spiro atoms. The second-order valence-electron chi connectivity index (χ2n) is 7.69. The normalized spacial score (nSPS) is 20.5. The van der Waals surface area contributed by atoms with Crippen LogP contribution in [0.5, 0.6) is 0 Å². The summed E-state index contributed by atoms with van der Waals surface area (Å²) < 4.78 is 11.5. The average molecular weight is 371 g/mol. The summed E-state index contributed by atoms with van der Waals surface area (Å²) in [5.41, 5.74) is 0. The van der Waals surface area contributed by atoms with Gasteiger partial charge in [-0.2, -0.15) is 0 Å². The molecule has 6 heteroatoms. The van der Waals surface area contributed by atoms with E-state index in [0.717, 1.165) is 52.9 Å². The van der Waals surface area contributed by atoms with Gasteiger partial charge in [0.25, 0.3) is 0 Å². The van der Waals surface area contributed by atoms with E-state index in [-0.39, 0.29) is 0 Å². The number of nitrogens with zero attached hydrogens (tertiary/aromatic N) is 4. The third-order valence-electron chi connectivity index (χ3n) is 5.40. The van der Waals surface area contributed by atoms with Gasteiger partial charge in [-0.3, -0.25) is 19.6 Å². The van der Waals surface area contributed by atoms with Gasteiger partial charge < -0.3 is 9.47 Å². The fraction of sp³-hybridized carbons (Fsp3) is 1.00.